The van der Waals surface area contributed by atoms with Crippen molar-refractivity contribution in [3.63, 3.8) is 0 Å². The van der Waals surface area contributed by atoms with Gasteiger partial charge < -0.3 is 40.9 Å². The second kappa shape index (κ2) is 13.0. The fraction of sp³-hybridized carbons (Fsp3) is 0.400. The van der Waals surface area contributed by atoms with E-state index in [1.165, 1.54) is 0 Å². The first kappa shape index (κ1) is 23.7. The van der Waals surface area contributed by atoms with Crippen LogP contribution in [0.15, 0.2) is 30.3 Å². The molecule has 0 amide bonds. The topological polar surface area (TPSA) is 0 Å². The van der Waals surface area contributed by atoms with Crippen LogP contribution in [0.4, 0.5) is 0 Å². The molecular weight excluding hydrogens is 328 g/mol. The van der Waals surface area contributed by atoms with Gasteiger partial charge in [0.25, 0.3) is 0 Å². The van der Waals surface area contributed by atoms with E-state index >= 15 is 0 Å². The molecule has 0 aromatic heterocycles. The Kier molecular flexibility index (Phi) is 23.7. The first-order chi connectivity index (χ1) is 4.50. The summed E-state index contributed by atoms with van der Waals surface area (Å²) in [4.78, 5) is 0. The summed E-state index contributed by atoms with van der Waals surface area (Å²) < 4.78 is 0. The van der Waals surface area contributed by atoms with Crippen LogP contribution in [-0.4, -0.2) is 0 Å². The first-order valence-corrected chi connectivity index (χ1v) is 3.52. The molecule has 0 fully saturated rings. The largest absolute Gasteiger partial charge is 4.00 e. The Bertz CT molecular complexity index is 119. The summed E-state index contributed by atoms with van der Waals surface area (Å²) in [7, 11) is 0. The van der Waals surface area contributed by atoms with Gasteiger partial charge in [-0.25, -0.2) is 12.1 Å². The Hall–Kier alpha value is 1.02. The molecule has 1 aromatic carbocycles. The standard InChI is InChI=1S/C5H5.C5H11.2BrH.Ti/c1-2-4-5-3-1;1-5(2,3)4;;;/h1-5H;1H2,2-4H3;2*1H;/q2*-1;;;+4/p-2. The van der Waals surface area contributed by atoms with E-state index in [2.05, 4.69) is 27.7 Å². The van der Waals surface area contributed by atoms with Crippen molar-refractivity contribution in [1.29, 1.82) is 0 Å². The van der Waals surface area contributed by atoms with Gasteiger partial charge >= 0.3 is 21.7 Å². The molecule has 0 saturated carbocycles. The zero-order chi connectivity index (χ0) is 8.04. The molecule has 0 spiro atoms. The van der Waals surface area contributed by atoms with Gasteiger partial charge in [0.15, 0.2) is 0 Å². The maximum absolute atomic E-state index is 3.77. The molecule has 0 aliphatic heterocycles. The minimum atomic E-state index is 0. The summed E-state index contributed by atoms with van der Waals surface area (Å²) in [5.74, 6) is 0. The van der Waals surface area contributed by atoms with Gasteiger partial charge in [0.2, 0.25) is 0 Å². The molecule has 1 aromatic rings. The molecule has 13 heavy (non-hydrogen) atoms. The van der Waals surface area contributed by atoms with Crippen LogP contribution in [-0.2, 0) is 21.7 Å². The molecule has 0 N–H and O–H groups in total. The van der Waals surface area contributed by atoms with Crippen LogP contribution < -0.4 is 34.0 Å². The number of hydrogen-bond donors (Lipinski definition) is 0. The quantitative estimate of drug-likeness (QED) is 0.355. The fourth-order valence-electron chi connectivity index (χ4n) is 0.321. The third-order valence-electron chi connectivity index (χ3n) is 0.556. The van der Waals surface area contributed by atoms with Crippen LogP contribution in [0.2, 0.25) is 0 Å². The molecule has 0 aliphatic carbocycles. The van der Waals surface area contributed by atoms with Crippen LogP contribution in [0.3, 0.4) is 0 Å². The van der Waals surface area contributed by atoms with Gasteiger partial charge in [-0.05, 0) is 0 Å². The summed E-state index contributed by atoms with van der Waals surface area (Å²) in [6.07, 6.45) is 0. The normalized spacial score (nSPS) is 7.69. The van der Waals surface area contributed by atoms with Crippen molar-refractivity contribution in [3.05, 3.63) is 37.3 Å². The number of rotatable bonds is 0. The summed E-state index contributed by atoms with van der Waals surface area (Å²) in [6.45, 7) is 10.0. The Balaban J connectivity index is -0.0000000506. The molecule has 1 rings (SSSR count). The molecule has 0 radical (unpaired) electrons. The predicted molar refractivity (Wildman–Crippen MR) is 46.8 cm³/mol. The zero-order valence-corrected chi connectivity index (χ0v) is 13.1. The zero-order valence-electron chi connectivity index (χ0n) is 8.35. The fourth-order valence-corrected chi connectivity index (χ4v) is 0.321. The van der Waals surface area contributed by atoms with Gasteiger partial charge in [0, 0.05) is 0 Å². The maximum Gasteiger partial charge on any atom is 4.00 e. The Morgan fingerprint density at radius 2 is 1.23 bits per heavy atom. The number of hydrogen-bond acceptors (Lipinski definition) is 0. The molecule has 0 unspecified atom stereocenters. The van der Waals surface area contributed by atoms with Crippen LogP contribution in [0, 0.1) is 12.3 Å². The SMILES string of the molecule is [Br-].[Br-].[CH2-]C(C)(C)C.[Ti+4].c1cc[cH-]c1. The molecule has 0 nitrogen and oxygen atoms in total. The molecule has 0 saturated heterocycles. The van der Waals surface area contributed by atoms with Crippen molar-refractivity contribution in [2.24, 2.45) is 5.41 Å². The molecule has 0 aliphatic rings. The predicted octanol–water partition coefficient (Wildman–Crippen LogP) is -2.72. The molecule has 0 atom stereocenters. The third-order valence-corrected chi connectivity index (χ3v) is 0.556. The minimum Gasteiger partial charge on any atom is -1.00 e. The number of halogens is 2. The molecule has 0 heterocycles. The molecular formula is C10H16Br2Ti. The van der Waals surface area contributed by atoms with Crippen LogP contribution >= 0.6 is 0 Å². The summed E-state index contributed by atoms with van der Waals surface area (Å²) in [5.41, 5.74) is 0.250. The first-order valence-electron chi connectivity index (χ1n) is 3.52. The van der Waals surface area contributed by atoms with Gasteiger partial charge in [-0.2, -0.15) is 23.6 Å². The van der Waals surface area contributed by atoms with Gasteiger partial charge in [-0.15, -0.1) is 0 Å². The van der Waals surface area contributed by atoms with E-state index in [4.69, 9.17) is 0 Å². The van der Waals surface area contributed by atoms with E-state index in [1.54, 1.807) is 0 Å². The van der Waals surface area contributed by atoms with E-state index < -0.39 is 0 Å². The van der Waals surface area contributed by atoms with Crippen molar-refractivity contribution in [2.75, 3.05) is 0 Å². The Morgan fingerprint density at radius 3 is 1.31 bits per heavy atom. The summed E-state index contributed by atoms with van der Waals surface area (Å²) >= 11 is 0. The average Bonchev–Trinajstić information content (AvgIpc) is 2.07. The minimum absolute atomic E-state index is 0. The van der Waals surface area contributed by atoms with Crippen LogP contribution in [0.5, 0.6) is 0 Å². The monoisotopic (exact) mass is 342 g/mol. The van der Waals surface area contributed by atoms with E-state index in [1.807, 2.05) is 30.3 Å². The van der Waals surface area contributed by atoms with Gasteiger partial charge in [-0.3, -0.25) is 0 Å². The molecule has 74 valence electrons. The van der Waals surface area contributed by atoms with Crippen molar-refractivity contribution in [3.8, 4) is 0 Å². The van der Waals surface area contributed by atoms with Crippen LogP contribution in [0.25, 0.3) is 0 Å². The van der Waals surface area contributed by atoms with Crippen molar-refractivity contribution in [2.45, 2.75) is 20.8 Å². The van der Waals surface area contributed by atoms with Crippen molar-refractivity contribution < 1.29 is 55.7 Å². The smallest absolute Gasteiger partial charge is 1.00 e. The summed E-state index contributed by atoms with van der Waals surface area (Å²) in [6, 6.07) is 10.0. The molecule has 0 bridgehead atoms. The van der Waals surface area contributed by atoms with E-state index in [9.17, 15) is 0 Å². The second-order valence-corrected chi connectivity index (χ2v) is 3.52. The van der Waals surface area contributed by atoms with Crippen molar-refractivity contribution in [1.82, 2.24) is 0 Å². The Morgan fingerprint density at radius 1 is 1.00 bits per heavy atom. The van der Waals surface area contributed by atoms with Gasteiger partial charge in [0.05, 0.1) is 0 Å². The molecule has 3 heteroatoms. The summed E-state index contributed by atoms with van der Waals surface area (Å²) in [5, 5.41) is 0. The van der Waals surface area contributed by atoms with E-state index in [0.29, 0.717) is 0 Å². The van der Waals surface area contributed by atoms with Gasteiger partial charge in [-0.1, -0.05) is 20.8 Å². The third kappa shape index (κ3) is 43.6. The second-order valence-electron chi connectivity index (χ2n) is 3.52. The van der Waals surface area contributed by atoms with Gasteiger partial charge in [0.1, 0.15) is 0 Å². The Labute approximate surface area is 118 Å². The average molecular weight is 344 g/mol. The van der Waals surface area contributed by atoms with E-state index in [0.717, 1.165) is 0 Å². The van der Waals surface area contributed by atoms with Crippen molar-refractivity contribution >= 4 is 0 Å². The van der Waals surface area contributed by atoms with E-state index in [-0.39, 0.29) is 61.1 Å². The van der Waals surface area contributed by atoms with Crippen LogP contribution in [0.1, 0.15) is 20.8 Å². The maximum atomic E-state index is 3.77.